The van der Waals surface area contributed by atoms with Crippen LogP contribution in [0.15, 0.2) is 48.5 Å². The van der Waals surface area contributed by atoms with Gasteiger partial charge in [0.1, 0.15) is 5.75 Å². The molecule has 0 atom stereocenters. The van der Waals surface area contributed by atoms with Gasteiger partial charge in [-0.1, -0.05) is 24.3 Å². The summed E-state index contributed by atoms with van der Waals surface area (Å²) >= 11 is 0. The van der Waals surface area contributed by atoms with E-state index in [4.69, 9.17) is 4.74 Å². The quantitative estimate of drug-likeness (QED) is 0.780. The predicted molar refractivity (Wildman–Crippen MR) is 110 cm³/mol. The zero-order valence-corrected chi connectivity index (χ0v) is 16.7. The molecule has 0 aromatic heterocycles. The highest BCUT2D eigenvalue weighted by Gasteiger charge is 2.21. The number of ether oxygens (including phenoxy) is 1. The van der Waals surface area contributed by atoms with Crippen LogP contribution in [0.2, 0.25) is 0 Å². The van der Waals surface area contributed by atoms with Crippen LogP contribution < -0.4 is 15.0 Å². The van der Waals surface area contributed by atoms with Crippen LogP contribution in [-0.2, 0) is 16.1 Å². The van der Waals surface area contributed by atoms with Crippen molar-refractivity contribution >= 4 is 23.4 Å². The predicted octanol–water partition coefficient (Wildman–Crippen LogP) is 2.21. The Balaban J connectivity index is 1.64. The Morgan fingerprint density at radius 1 is 1.14 bits per heavy atom. The Morgan fingerprint density at radius 3 is 2.66 bits per heavy atom. The van der Waals surface area contributed by atoms with Gasteiger partial charge in [-0.2, -0.15) is 0 Å². The number of carbonyl (C=O) groups excluding carboxylic acids is 3. The van der Waals surface area contributed by atoms with Gasteiger partial charge in [-0.25, -0.2) is 0 Å². The van der Waals surface area contributed by atoms with Gasteiger partial charge in [0.2, 0.25) is 5.91 Å². The minimum absolute atomic E-state index is 0.129. The second-order valence-electron chi connectivity index (χ2n) is 7.07. The van der Waals surface area contributed by atoms with E-state index in [0.29, 0.717) is 24.3 Å². The lowest BCUT2D eigenvalue weighted by Crippen LogP contribution is -2.28. The van der Waals surface area contributed by atoms with Gasteiger partial charge < -0.3 is 19.9 Å². The molecular weight excluding hydrogens is 370 g/mol. The number of nitrogens with one attached hydrogen (secondary N) is 1. The molecule has 1 aliphatic rings. The third-order valence-electron chi connectivity index (χ3n) is 4.73. The van der Waals surface area contributed by atoms with Crippen molar-refractivity contribution in [1.29, 1.82) is 0 Å². The SMILES string of the molecule is CN(C)C(=O)COc1ccccc1C(=O)NCc1cccc(N2CCCC2=O)c1. The van der Waals surface area contributed by atoms with E-state index in [1.165, 1.54) is 4.90 Å². The molecule has 0 saturated carbocycles. The van der Waals surface area contributed by atoms with Crippen LogP contribution in [0.4, 0.5) is 5.69 Å². The first-order chi connectivity index (χ1) is 14.0. The fourth-order valence-electron chi connectivity index (χ4n) is 3.08. The minimum Gasteiger partial charge on any atom is -0.483 e. The average molecular weight is 395 g/mol. The number of nitrogens with zero attached hydrogens (tertiary/aromatic N) is 2. The maximum Gasteiger partial charge on any atom is 0.259 e. The van der Waals surface area contributed by atoms with Crippen molar-refractivity contribution in [2.45, 2.75) is 19.4 Å². The van der Waals surface area contributed by atoms with Crippen LogP contribution in [0.1, 0.15) is 28.8 Å². The molecule has 1 saturated heterocycles. The van der Waals surface area contributed by atoms with Crippen molar-refractivity contribution < 1.29 is 19.1 Å². The first-order valence-electron chi connectivity index (χ1n) is 9.55. The van der Waals surface area contributed by atoms with Crippen molar-refractivity contribution in [2.75, 3.05) is 32.1 Å². The monoisotopic (exact) mass is 395 g/mol. The molecule has 7 heteroatoms. The Kier molecular flexibility index (Phi) is 6.49. The highest BCUT2D eigenvalue weighted by molar-refractivity contribution is 5.97. The number of hydrogen-bond acceptors (Lipinski definition) is 4. The normalized spacial score (nSPS) is 13.3. The molecule has 2 aromatic carbocycles. The molecule has 7 nitrogen and oxygen atoms in total. The van der Waals surface area contributed by atoms with E-state index in [1.807, 2.05) is 24.3 Å². The van der Waals surface area contributed by atoms with E-state index in [0.717, 1.165) is 24.2 Å². The van der Waals surface area contributed by atoms with Crippen LogP contribution in [-0.4, -0.2) is 49.9 Å². The lowest BCUT2D eigenvalue weighted by Gasteiger charge is -2.17. The van der Waals surface area contributed by atoms with Gasteiger partial charge in [-0.15, -0.1) is 0 Å². The standard InChI is InChI=1S/C22H25N3O4/c1-24(2)21(27)15-29-19-10-4-3-9-18(19)22(28)23-14-16-7-5-8-17(13-16)25-12-6-11-20(25)26/h3-5,7-10,13H,6,11-12,14-15H2,1-2H3,(H,23,28). The molecule has 3 amide bonds. The fraction of sp³-hybridized carbons (Fsp3) is 0.318. The van der Waals surface area contributed by atoms with E-state index in [-0.39, 0.29) is 24.3 Å². The second-order valence-corrected chi connectivity index (χ2v) is 7.07. The molecule has 3 rings (SSSR count). The Labute approximate surface area is 170 Å². The third kappa shape index (κ3) is 5.13. The van der Waals surface area contributed by atoms with Gasteiger partial charge in [0, 0.05) is 39.3 Å². The van der Waals surface area contributed by atoms with Crippen LogP contribution >= 0.6 is 0 Å². The van der Waals surface area contributed by atoms with Gasteiger partial charge in [0.25, 0.3) is 11.8 Å². The van der Waals surface area contributed by atoms with E-state index >= 15 is 0 Å². The van der Waals surface area contributed by atoms with Crippen LogP contribution in [0.25, 0.3) is 0 Å². The zero-order chi connectivity index (χ0) is 20.8. The summed E-state index contributed by atoms with van der Waals surface area (Å²) in [5.74, 6) is 0.00943. The second kappa shape index (κ2) is 9.23. The number of likely N-dealkylation sites (N-methyl/N-ethyl adjacent to an activating group) is 1. The van der Waals surface area contributed by atoms with Crippen molar-refractivity contribution in [3.63, 3.8) is 0 Å². The van der Waals surface area contributed by atoms with E-state index < -0.39 is 0 Å². The highest BCUT2D eigenvalue weighted by atomic mass is 16.5. The summed E-state index contributed by atoms with van der Waals surface area (Å²) in [5.41, 5.74) is 2.12. The summed E-state index contributed by atoms with van der Waals surface area (Å²) in [6.45, 7) is 0.911. The summed E-state index contributed by atoms with van der Waals surface area (Å²) in [4.78, 5) is 39.6. The molecular formula is C22H25N3O4. The lowest BCUT2D eigenvalue weighted by atomic mass is 10.1. The summed E-state index contributed by atoms with van der Waals surface area (Å²) in [6, 6.07) is 14.4. The Bertz CT molecular complexity index is 910. The molecule has 0 spiro atoms. The van der Waals surface area contributed by atoms with Gasteiger partial charge >= 0.3 is 0 Å². The van der Waals surface area contributed by atoms with Gasteiger partial charge in [0.15, 0.2) is 6.61 Å². The van der Waals surface area contributed by atoms with Crippen LogP contribution in [0.5, 0.6) is 5.75 Å². The average Bonchev–Trinajstić information content (AvgIpc) is 3.16. The summed E-state index contributed by atoms with van der Waals surface area (Å²) < 4.78 is 5.54. The molecule has 1 aliphatic heterocycles. The topological polar surface area (TPSA) is 79.0 Å². The number of para-hydroxylation sites is 1. The highest BCUT2D eigenvalue weighted by Crippen LogP contribution is 2.22. The maximum absolute atomic E-state index is 12.7. The summed E-state index contributed by atoms with van der Waals surface area (Å²) in [7, 11) is 3.29. The van der Waals surface area contributed by atoms with Gasteiger partial charge in [-0.3, -0.25) is 14.4 Å². The number of anilines is 1. The Morgan fingerprint density at radius 2 is 1.93 bits per heavy atom. The molecule has 0 aliphatic carbocycles. The number of benzene rings is 2. The number of amides is 3. The maximum atomic E-state index is 12.7. The van der Waals surface area contributed by atoms with Crippen molar-refractivity contribution in [3.05, 3.63) is 59.7 Å². The van der Waals surface area contributed by atoms with E-state index in [1.54, 1.807) is 43.3 Å². The van der Waals surface area contributed by atoms with Crippen molar-refractivity contribution in [1.82, 2.24) is 10.2 Å². The van der Waals surface area contributed by atoms with E-state index in [9.17, 15) is 14.4 Å². The first-order valence-corrected chi connectivity index (χ1v) is 9.55. The smallest absolute Gasteiger partial charge is 0.259 e. The van der Waals surface area contributed by atoms with Gasteiger partial charge in [0.05, 0.1) is 5.56 Å². The van der Waals surface area contributed by atoms with Gasteiger partial charge in [-0.05, 0) is 36.2 Å². The first kappa shape index (κ1) is 20.4. The lowest BCUT2D eigenvalue weighted by molar-refractivity contribution is -0.130. The molecule has 0 radical (unpaired) electrons. The number of carbonyl (C=O) groups is 3. The van der Waals surface area contributed by atoms with Crippen molar-refractivity contribution in [2.24, 2.45) is 0 Å². The zero-order valence-electron chi connectivity index (χ0n) is 16.7. The molecule has 152 valence electrons. The molecule has 0 bridgehead atoms. The van der Waals surface area contributed by atoms with Crippen LogP contribution in [0, 0.1) is 0 Å². The van der Waals surface area contributed by atoms with E-state index in [2.05, 4.69) is 5.32 Å². The number of rotatable bonds is 7. The fourth-order valence-corrected chi connectivity index (χ4v) is 3.08. The van der Waals surface area contributed by atoms with Crippen LogP contribution in [0.3, 0.4) is 0 Å². The molecule has 1 N–H and O–H groups in total. The number of hydrogen-bond donors (Lipinski definition) is 1. The summed E-state index contributed by atoms with van der Waals surface area (Å²) in [5, 5.41) is 2.88. The Hall–Kier alpha value is -3.35. The third-order valence-corrected chi connectivity index (χ3v) is 4.73. The molecule has 1 fully saturated rings. The molecule has 0 unspecified atom stereocenters. The largest absolute Gasteiger partial charge is 0.483 e. The van der Waals surface area contributed by atoms with Crippen molar-refractivity contribution in [3.8, 4) is 5.75 Å². The molecule has 29 heavy (non-hydrogen) atoms. The summed E-state index contributed by atoms with van der Waals surface area (Å²) in [6.07, 6.45) is 1.45. The molecule has 1 heterocycles. The minimum atomic E-state index is -0.291. The molecule has 2 aromatic rings.